The molecule has 0 atom stereocenters. The van der Waals surface area contributed by atoms with Gasteiger partial charge in [0.15, 0.2) is 0 Å². The summed E-state index contributed by atoms with van der Waals surface area (Å²) in [5.41, 5.74) is 3.82. The Bertz CT molecular complexity index is 511. The number of hydrogen-bond donors (Lipinski definition) is 1. The van der Waals surface area contributed by atoms with Gasteiger partial charge in [-0.05, 0) is 29.8 Å². The summed E-state index contributed by atoms with van der Waals surface area (Å²) in [4.78, 5) is 19.3. The summed E-state index contributed by atoms with van der Waals surface area (Å²) in [5, 5.41) is 3.85. The lowest BCUT2D eigenvalue weighted by atomic mass is 10.3. The number of amides is 1. The van der Waals surface area contributed by atoms with Crippen LogP contribution in [0.25, 0.3) is 0 Å². The molecule has 0 saturated carbocycles. The minimum Gasteiger partial charge on any atom is -0.267 e. The first-order valence-corrected chi connectivity index (χ1v) is 5.00. The lowest BCUT2D eigenvalue weighted by molar-refractivity contribution is 0.0955. The zero-order valence-corrected chi connectivity index (χ0v) is 8.95. The van der Waals surface area contributed by atoms with E-state index in [1.165, 1.54) is 0 Å². The fraction of sp³-hybridized carbons (Fsp3) is 0. The van der Waals surface area contributed by atoms with Crippen LogP contribution in [-0.4, -0.2) is 22.1 Å². The second-order valence-corrected chi connectivity index (χ2v) is 3.22. The fourth-order valence-corrected chi connectivity index (χ4v) is 1.18. The Morgan fingerprint density at radius 2 is 1.65 bits per heavy atom. The molecule has 0 aliphatic heterocycles. The van der Waals surface area contributed by atoms with Crippen LogP contribution in [0.2, 0.25) is 0 Å². The standard InChI is InChI=1S/C12H10N4O/c17-12(11-3-7-14-8-4-11)16-15-9-10-1-5-13-6-2-10/h1-9H,(H,16,17)/b15-9+. The summed E-state index contributed by atoms with van der Waals surface area (Å²) < 4.78 is 0. The molecular weight excluding hydrogens is 216 g/mol. The van der Waals surface area contributed by atoms with Crippen molar-refractivity contribution in [3.8, 4) is 0 Å². The Morgan fingerprint density at radius 1 is 1.06 bits per heavy atom. The zero-order chi connectivity index (χ0) is 11.9. The maximum Gasteiger partial charge on any atom is 0.271 e. The molecule has 2 aromatic heterocycles. The van der Waals surface area contributed by atoms with Crippen molar-refractivity contribution in [1.82, 2.24) is 15.4 Å². The van der Waals surface area contributed by atoms with Crippen LogP contribution in [0.4, 0.5) is 0 Å². The molecule has 84 valence electrons. The molecule has 0 aliphatic rings. The average molecular weight is 226 g/mol. The molecule has 1 N–H and O–H groups in total. The summed E-state index contributed by atoms with van der Waals surface area (Å²) in [6, 6.07) is 6.83. The molecule has 2 heterocycles. The maximum absolute atomic E-state index is 11.6. The lowest BCUT2D eigenvalue weighted by Crippen LogP contribution is -2.17. The van der Waals surface area contributed by atoms with E-state index < -0.39 is 0 Å². The van der Waals surface area contributed by atoms with Crippen LogP contribution < -0.4 is 5.43 Å². The lowest BCUT2D eigenvalue weighted by Gasteiger charge is -1.98. The summed E-state index contributed by atoms with van der Waals surface area (Å²) >= 11 is 0. The number of nitrogens with zero attached hydrogens (tertiary/aromatic N) is 3. The largest absolute Gasteiger partial charge is 0.271 e. The predicted octanol–water partition coefficient (Wildman–Crippen LogP) is 1.24. The molecule has 17 heavy (non-hydrogen) atoms. The van der Waals surface area contributed by atoms with Crippen LogP contribution >= 0.6 is 0 Å². The van der Waals surface area contributed by atoms with Crippen molar-refractivity contribution in [2.75, 3.05) is 0 Å². The summed E-state index contributed by atoms with van der Waals surface area (Å²) in [7, 11) is 0. The number of carbonyl (C=O) groups is 1. The quantitative estimate of drug-likeness (QED) is 0.632. The smallest absolute Gasteiger partial charge is 0.267 e. The molecule has 2 aromatic rings. The molecule has 0 unspecified atom stereocenters. The predicted molar refractivity (Wildman–Crippen MR) is 63.5 cm³/mol. The van der Waals surface area contributed by atoms with E-state index in [0.717, 1.165) is 5.56 Å². The number of hydrazone groups is 1. The van der Waals surface area contributed by atoms with E-state index in [1.54, 1.807) is 55.3 Å². The number of carbonyl (C=O) groups excluding carboxylic acids is 1. The van der Waals surface area contributed by atoms with Gasteiger partial charge in [-0.1, -0.05) is 0 Å². The van der Waals surface area contributed by atoms with Crippen molar-refractivity contribution in [3.63, 3.8) is 0 Å². The molecule has 5 heteroatoms. The van der Waals surface area contributed by atoms with Crippen LogP contribution in [0.5, 0.6) is 0 Å². The summed E-state index contributed by atoms with van der Waals surface area (Å²) in [6.07, 6.45) is 7.99. The van der Waals surface area contributed by atoms with E-state index in [4.69, 9.17) is 0 Å². The van der Waals surface area contributed by atoms with Gasteiger partial charge < -0.3 is 0 Å². The van der Waals surface area contributed by atoms with Crippen molar-refractivity contribution < 1.29 is 4.79 Å². The highest BCUT2D eigenvalue weighted by Crippen LogP contribution is 1.95. The zero-order valence-electron chi connectivity index (χ0n) is 8.95. The normalized spacial score (nSPS) is 10.4. The number of hydrogen-bond acceptors (Lipinski definition) is 4. The van der Waals surface area contributed by atoms with E-state index in [2.05, 4.69) is 20.5 Å². The van der Waals surface area contributed by atoms with Crippen molar-refractivity contribution in [2.45, 2.75) is 0 Å². The third kappa shape index (κ3) is 3.20. The van der Waals surface area contributed by atoms with Crippen LogP contribution in [0, 0.1) is 0 Å². The van der Waals surface area contributed by atoms with Gasteiger partial charge in [-0.2, -0.15) is 5.10 Å². The van der Waals surface area contributed by atoms with Crippen LogP contribution in [0.15, 0.2) is 54.2 Å². The van der Waals surface area contributed by atoms with Gasteiger partial charge in [0.05, 0.1) is 6.21 Å². The number of pyridine rings is 2. The Hall–Kier alpha value is -2.56. The van der Waals surface area contributed by atoms with Crippen LogP contribution in [0.3, 0.4) is 0 Å². The minimum atomic E-state index is -0.266. The SMILES string of the molecule is O=C(N/N=C/c1ccncc1)c1ccncc1. The van der Waals surface area contributed by atoms with Gasteiger partial charge in [0.1, 0.15) is 0 Å². The summed E-state index contributed by atoms with van der Waals surface area (Å²) in [6.45, 7) is 0. The van der Waals surface area contributed by atoms with Gasteiger partial charge in [-0.25, -0.2) is 5.43 Å². The van der Waals surface area contributed by atoms with Gasteiger partial charge >= 0.3 is 0 Å². The second kappa shape index (κ2) is 5.50. The average Bonchev–Trinajstić information content (AvgIpc) is 2.41. The van der Waals surface area contributed by atoms with Crippen molar-refractivity contribution in [1.29, 1.82) is 0 Å². The van der Waals surface area contributed by atoms with E-state index in [0.29, 0.717) is 5.56 Å². The number of nitrogens with one attached hydrogen (secondary N) is 1. The number of aromatic nitrogens is 2. The molecular formula is C12H10N4O. The second-order valence-electron chi connectivity index (χ2n) is 3.22. The van der Waals surface area contributed by atoms with E-state index in [9.17, 15) is 4.79 Å². The number of rotatable bonds is 3. The molecule has 0 bridgehead atoms. The highest BCUT2D eigenvalue weighted by atomic mass is 16.2. The van der Waals surface area contributed by atoms with Crippen LogP contribution in [-0.2, 0) is 0 Å². The molecule has 2 rings (SSSR count). The van der Waals surface area contributed by atoms with Crippen molar-refractivity contribution in [3.05, 3.63) is 60.2 Å². The first-order chi connectivity index (χ1) is 8.36. The van der Waals surface area contributed by atoms with Gasteiger partial charge in [0, 0.05) is 30.4 Å². The van der Waals surface area contributed by atoms with Gasteiger partial charge in [0.25, 0.3) is 5.91 Å². The molecule has 0 saturated heterocycles. The van der Waals surface area contributed by atoms with E-state index >= 15 is 0 Å². The molecule has 5 nitrogen and oxygen atoms in total. The van der Waals surface area contributed by atoms with Crippen molar-refractivity contribution >= 4 is 12.1 Å². The Morgan fingerprint density at radius 3 is 2.29 bits per heavy atom. The molecule has 0 aliphatic carbocycles. The monoisotopic (exact) mass is 226 g/mol. The minimum absolute atomic E-state index is 0.266. The Labute approximate surface area is 98.2 Å². The third-order valence-corrected chi connectivity index (χ3v) is 2.03. The molecule has 0 fully saturated rings. The third-order valence-electron chi connectivity index (χ3n) is 2.03. The highest BCUT2D eigenvalue weighted by Gasteiger charge is 2.01. The maximum atomic E-state index is 11.6. The Balaban J connectivity index is 1.95. The molecule has 0 radical (unpaired) electrons. The molecule has 0 spiro atoms. The van der Waals surface area contributed by atoms with Crippen LogP contribution in [0.1, 0.15) is 15.9 Å². The summed E-state index contributed by atoms with van der Waals surface area (Å²) in [5.74, 6) is -0.266. The molecule has 0 aromatic carbocycles. The van der Waals surface area contributed by atoms with E-state index in [-0.39, 0.29) is 5.91 Å². The molecule has 1 amide bonds. The first kappa shape index (κ1) is 10.9. The highest BCUT2D eigenvalue weighted by molar-refractivity contribution is 5.94. The van der Waals surface area contributed by atoms with Gasteiger partial charge in [0.2, 0.25) is 0 Å². The topological polar surface area (TPSA) is 67.2 Å². The fourth-order valence-electron chi connectivity index (χ4n) is 1.18. The van der Waals surface area contributed by atoms with E-state index in [1.807, 2.05) is 0 Å². The first-order valence-electron chi connectivity index (χ1n) is 5.00. The van der Waals surface area contributed by atoms with Crippen molar-refractivity contribution in [2.24, 2.45) is 5.10 Å². The Kier molecular flexibility index (Phi) is 3.54. The van der Waals surface area contributed by atoms with Gasteiger partial charge in [-0.3, -0.25) is 14.8 Å². The van der Waals surface area contributed by atoms with Gasteiger partial charge in [-0.15, -0.1) is 0 Å².